The van der Waals surface area contributed by atoms with Gasteiger partial charge in [-0.3, -0.25) is 0 Å². The zero-order chi connectivity index (χ0) is 17.6. The third-order valence-corrected chi connectivity index (χ3v) is 3.90. The van der Waals surface area contributed by atoms with Gasteiger partial charge in [0.05, 0.1) is 24.7 Å². The van der Waals surface area contributed by atoms with E-state index in [1.54, 1.807) is 14.2 Å². The number of aromatic nitrogens is 2. The molecule has 0 amide bonds. The van der Waals surface area contributed by atoms with Gasteiger partial charge >= 0.3 is 0 Å². The molecular formula is C19H22N2O4. The molecule has 0 spiro atoms. The Hall–Kier alpha value is -2.57. The van der Waals surface area contributed by atoms with Gasteiger partial charge in [0, 0.05) is 7.11 Å². The molecule has 0 radical (unpaired) electrons. The summed E-state index contributed by atoms with van der Waals surface area (Å²) in [6.07, 6.45) is -0.696. The predicted octanol–water partition coefficient (Wildman–Crippen LogP) is 2.63. The van der Waals surface area contributed by atoms with Gasteiger partial charge in [-0.05, 0) is 24.3 Å². The van der Waals surface area contributed by atoms with Crippen molar-refractivity contribution in [3.63, 3.8) is 0 Å². The molecule has 0 unspecified atom stereocenters. The molecule has 1 N–H and O–H groups in total. The molecule has 132 valence electrons. The number of aliphatic hydroxyl groups is 1. The lowest BCUT2D eigenvalue weighted by Crippen LogP contribution is -2.24. The van der Waals surface area contributed by atoms with Crippen molar-refractivity contribution >= 4 is 11.0 Å². The van der Waals surface area contributed by atoms with Crippen molar-refractivity contribution in [3.8, 4) is 11.5 Å². The van der Waals surface area contributed by atoms with Crippen LogP contribution in [0.15, 0.2) is 48.5 Å². The lowest BCUT2D eigenvalue weighted by molar-refractivity contribution is 0.0887. The van der Waals surface area contributed by atoms with Crippen molar-refractivity contribution in [1.82, 2.24) is 9.55 Å². The first-order valence-electron chi connectivity index (χ1n) is 8.10. The van der Waals surface area contributed by atoms with Crippen LogP contribution in [-0.4, -0.2) is 41.6 Å². The molecule has 1 aromatic heterocycles. The summed E-state index contributed by atoms with van der Waals surface area (Å²) in [5, 5.41) is 10.4. The van der Waals surface area contributed by atoms with E-state index in [0.717, 1.165) is 16.9 Å². The van der Waals surface area contributed by atoms with Crippen LogP contribution in [0.3, 0.4) is 0 Å². The van der Waals surface area contributed by atoms with Crippen LogP contribution in [0, 0.1) is 0 Å². The number of fused-ring (bicyclic) bond motifs is 1. The van der Waals surface area contributed by atoms with Crippen LogP contribution in [0.25, 0.3) is 11.0 Å². The van der Waals surface area contributed by atoms with Crippen LogP contribution in [0.2, 0.25) is 0 Å². The number of rotatable bonds is 8. The molecule has 1 heterocycles. The molecule has 6 nitrogen and oxygen atoms in total. The van der Waals surface area contributed by atoms with Crippen molar-refractivity contribution in [2.24, 2.45) is 0 Å². The number of hydrogen-bond acceptors (Lipinski definition) is 5. The number of ether oxygens (including phenoxy) is 3. The van der Waals surface area contributed by atoms with E-state index in [0.29, 0.717) is 24.7 Å². The molecule has 2 aromatic carbocycles. The van der Waals surface area contributed by atoms with Crippen LogP contribution in [-0.2, 0) is 17.9 Å². The summed E-state index contributed by atoms with van der Waals surface area (Å²) in [5.41, 5.74) is 1.85. The standard InChI is InChI=1S/C19H22N2O4/c1-23-13-19-20-15-7-3-4-8-16(15)21(19)11-14(22)12-25-18-10-6-5-9-17(18)24-2/h3-10,14,22H,11-13H2,1-2H3/t14-/m1/s1. The zero-order valence-corrected chi connectivity index (χ0v) is 14.4. The van der Waals surface area contributed by atoms with Gasteiger partial charge in [0.1, 0.15) is 25.1 Å². The summed E-state index contributed by atoms with van der Waals surface area (Å²) < 4.78 is 18.2. The van der Waals surface area contributed by atoms with Gasteiger partial charge in [0.25, 0.3) is 0 Å². The van der Waals surface area contributed by atoms with Gasteiger partial charge in [-0.2, -0.15) is 0 Å². The van der Waals surface area contributed by atoms with Crippen LogP contribution in [0.4, 0.5) is 0 Å². The maximum absolute atomic E-state index is 10.4. The Kier molecular flexibility index (Phi) is 5.53. The third kappa shape index (κ3) is 3.92. The minimum Gasteiger partial charge on any atom is -0.493 e. The monoisotopic (exact) mass is 342 g/mol. The lowest BCUT2D eigenvalue weighted by atomic mass is 10.3. The van der Waals surface area contributed by atoms with Crippen molar-refractivity contribution < 1.29 is 19.3 Å². The van der Waals surface area contributed by atoms with E-state index in [9.17, 15) is 5.11 Å². The first-order valence-corrected chi connectivity index (χ1v) is 8.10. The van der Waals surface area contributed by atoms with Gasteiger partial charge in [0.15, 0.2) is 11.5 Å². The van der Waals surface area contributed by atoms with Crippen molar-refractivity contribution in [2.45, 2.75) is 19.3 Å². The molecule has 0 fully saturated rings. The van der Waals surface area contributed by atoms with Gasteiger partial charge in [0.2, 0.25) is 0 Å². The average Bonchev–Trinajstić information content (AvgIpc) is 2.98. The molecule has 0 saturated heterocycles. The number of para-hydroxylation sites is 4. The first-order chi connectivity index (χ1) is 12.2. The summed E-state index contributed by atoms with van der Waals surface area (Å²) in [6.45, 7) is 0.905. The van der Waals surface area contributed by atoms with E-state index in [-0.39, 0.29) is 6.61 Å². The highest BCUT2D eigenvalue weighted by molar-refractivity contribution is 5.75. The maximum atomic E-state index is 10.4. The Morgan fingerprint density at radius 2 is 1.76 bits per heavy atom. The second-order valence-electron chi connectivity index (χ2n) is 5.68. The molecule has 6 heteroatoms. The zero-order valence-electron chi connectivity index (χ0n) is 14.4. The number of hydrogen-bond donors (Lipinski definition) is 1. The highest BCUT2D eigenvalue weighted by Gasteiger charge is 2.15. The highest BCUT2D eigenvalue weighted by atomic mass is 16.5. The largest absolute Gasteiger partial charge is 0.493 e. The van der Waals surface area contributed by atoms with Crippen LogP contribution >= 0.6 is 0 Å². The molecule has 0 aliphatic carbocycles. The normalized spacial score (nSPS) is 12.3. The van der Waals surface area contributed by atoms with E-state index in [1.807, 2.05) is 53.1 Å². The van der Waals surface area contributed by atoms with Gasteiger partial charge in [-0.15, -0.1) is 0 Å². The molecule has 1 atom stereocenters. The third-order valence-electron chi connectivity index (χ3n) is 3.90. The summed E-state index contributed by atoms with van der Waals surface area (Å²) in [6, 6.07) is 15.2. The fraction of sp³-hybridized carbons (Fsp3) is 0.316. The van der Waals surface area contributed by atoms with Crippen molar-refractivity contribution in [3.05, 3.63) is 54.4 Å². The number of benzene rings is 2. The molecular weight excluding hydrogens is 320 g/mol. The minimum absolute atomic E-state index is 0.152. The van der Waals surface area contributed by atoms with Gasteiger partial charge in [-0.1, -0.05) is 24.3 Å². The smallest absolute Gasteiger partial charge is 0.161 e. The summed E-state index contributed by atoms with van der Waals surface area (Å²) in [7, 11) is 3.22. The number of imidazole rings is 1. The summed E-state index contributed by atoms with van der Waals surface area (Å²) in [4.78, 5) is 4.57. The fourth-order valence-corrected chi connectivity index (χ4v) is 2.76. The Bertz CT molecular complexity index is 831. The molecule has 3 rings (SSSR count). The number of aliphatic hydroxyl groups excluding tert-OH is 1. The molecule has 0 aliphatic heterocycles. The molecule has 3 aromatic rings. The maximum Gasteiger partial charge on any atom is 0.161 e. The Balaban J connectivity index is 1.73. The van der Waals surface area contributed by atoms with E-state index in [1.165, 1.54) is 0 Å². The van der Waals surface area contributed by atoms with Crippen LogP contribution < -0.4 is 9.47 Å². The van der Waals surface area contributed by atoms with Crippen LogP contribution in [0.1, 0.15) is 5.82 Å². The van der Waals surface area contributed by atoms with Gasteiger partial charge < -0.3 is 23.9 Å². The quantitative estimate of drug-likeness (QED) is 0.682. The highest BCUT2D eigenvalue weighted by Crippen LogP contribution is 2.26. The molecule has 0 aliphatic rings. The second-order valence-corrected chi connectivity index (χ2v) is 5.68. The Morgan fingerprint density at radius 3 is 2.52 bits per heavy atom. The molecule has 25 heavy (non-hydrogen) atoms. The predicted molar refractivity (Wildman–Crippen MR) is 94.9 cm³/mol. The Labute approximate surface area is 146 Å². The van der Waals surface area contributed by atoms with E-state index in [4.69, 9.17) is 14.2 Å². The van der Waals surface area contributed by atoms with Gasteiger partial charge in [-0.25, -0.2) is 4.98 Å². The lowest BCUT2D eigenvalue weighted by Gasteiger charge is -2.16. The Morgan fingerprint density at radius 1 is 1.04 bits per heavy atom. The van der Waals surface area contributed by atoms with E-state index < -0.39 is 6.10 Å². The van der Waals surface area contributed by atoms with Crippen LogP contribution in [0.5, 0.6) is 11.5 Å². The fourth-order valence-electron chi connectivity index (χ4n) is 2.76. The number of methoxy groups -OCH3 is 2. The second kappa shape index (κ2) is 8.00. The van der Waals surface area contributed by atoms with E-state index in [2.05, 4.69) is 4.98 Å². The van der Waals surface area contributed by atoms with E-state index >= 15 is 0 Å². The van der Waals surface area contributed by atoms with Crippen molar-refractivity contribution in [2.75, 3.05) is 20.8 Å². The average molecular weight is 342 g/mol. The van der Waals surface area contributed by atoms with Crippen molar-refractivity contribution in [1.29, 1.82) is 0 Å². The first kappa shape index (κ1) is 17.3. The molecule has 0 saturated carbocycles. The topological polar surface area (TPSA) is 65.7 Å². The minimum atomic E-state index is -0.696. The SMILES string of the molecule is COCc1nc2ccccc2n1C[C@@H](O)COc1ccccc1OC. The summed E-state index contributed by atoms with van der Waals surface area (Å²) in [5.74, 6) is 2.03. The molecule has 0 bridgehead atoms. The number of nitrogens with zero attached hydrogens (tertiary/aromatic N) is 2. The summed E-state index contributed by atoms with van der Waals surface area (Å²) >= 11 is 0.